The standard InChI is InChI=1S/C19H29N7O/c1-3-26(4-2)19-23-17(20-10-11-25-12-14-27-15-13-25)22-18(24-19)21-16-8-6-5-7-9-16/h5-9H,3-4,10-15H2,1-2H3,(H2,20,21,22,23,24). The molecule has 1 aromatic heterocycles. The first kappa shape index (κ1) is 19.3. The van der Waals surface area contributed by atoms with Crippen molar-refractivity contribution in [3.05, 3.63) is 30.3 Å². The number of hydrogen-bond acceptors (Lipinski definition) is 8. The quantitative estimate of drug-likeness (QED) is 0.695. The molecule has 0 unspecified atom stereocenters. The maximum atomic E-state index is 5.39. The minimum absolute atomic E-state index is 0.548. The maximum absolute atomic E-state index is 5.39. The topological polar surface area (TPSA) is 78.4 Å². The summed E-state index contributed by atoms with van der Waals surface area (Å²) >= 11 is 0. The number of anilines is 4. The van der Waals surface area contributed by atoms with Crippen LogP contribution >= 0.6 is 0 Å². The van der Waals surface area contributed by atoms with Crippen molar-refractivity contribution in [1.29, 1.82) is 0 Å². The first-order valence-corrected chi connectivity index (χ1v) is 9.65. The van der Waals surface area contributed by atoms with Gasteiger partial charge in [-0.1, -0.05) is 18.2 Å². The number of nitrogens with one attached hydrogen (secondary N) is 2. The highest BCUT2D eigenvalue weighted by molar-refractivity contribution is 5.55. The van der Waals surface area contributed by atoms with Gasteiger partial charge in [-0.3, -0.25) is 4.90 Å². The van der Waals surface area contributed by atoms with E-state index in [1.165, 1.54) is 0 Å². The van der Waals surface area contributed by atoms with Crippen molar-refractivity contribution in [2.45, 2.75) is 13.8 Å². The highest BCUT2D eigenvalue weighted by atomic mass is 16.5. The minimum Gasteiger partial charge on any atom is -0.379 e. The van der Waals surface area contributed by atoms with E-state index in [-0.39, 0.29) is 0 Å². The van der Waals surface area contributed by atoms with E-state index in [1.807, 2.05) is 30.3 Å². The molecule has 0 radical (unpaired) electrons. The minimum atomic E-state index is 0.548. The first-order chi connectivity index (χ1) is 13.3. The van der Waals surface area contributed by atoms with Crippen molar-refractivity contribution in [3.8, 4) is 0 Å². The average Bonchev–Trinajstić information content (AvgIpc) is 2.70. The van der Waals surface area contributed by atoms with Crippen LogP contribution < -0.4 is 15.5 Å². The zero-order valence-electron chi connectivity index (χ0n) is 16.2. The summed E-state index contributed by atoms with van der Waals surface area (Å²) in [5, 5.41) is 6.62. The second kappa shape index (κ2) is 10.0. The molecule has 1 saturated heterocycles. The molecule has 0 aliphatic carbocycles. The summed E-state index contributed by atoms with van der Waals surface area (Å²) < 4.78 is 5.39. The maximum Gasteiger partial charge on any atom is 0.233 e. The predicted octanol–water partition coefficient (Wildman–Crippen LogP) is 2.21. The molecule has 0 spiro atoms. The Morgan fingerprint density at radius 3 is 2.41 bits per heavy atom. The molecule has 0 saturated carbocycles. The van der Waals surface area contributed by atoms with E-state index in [0.29, 0.717) is 17.8 Å². The Labute approximate surface area is 161 Å². The Kier molecular flexibility index (Phi) is 7.18. The van der Waals surface area contributed by atoms with Gasteiger partial charge in [-0.25, -0.2) is 0 Å². The zero-order chi connectivity index (χ0) is 18.9. The van der Waals surface area contributed by atoms with Gasteiger partial charge >= 0.3 is 0 Å². The van der Waals surface area contributed by atoms with Gasteiger partial charge in [0.05, 0.1) is 13.2 Å². The van der Waals surface area contributed by atoms with E-state index in [1.54, 1.807) is 0 Å². The lowest BCUT2D eigenvalue weighted by Gasteiger charge is -2.26. The molecule has 2 N–H and O–H groups in total. The second-order valence-corrected chi connectivity index (χ2v) is 6.33. The third-order valence-corrected chi connectivity index (χ3v) is 4.51. The molecule has 146 valence electrons. The number of ether oxygens (including phenoxy) is 1. The molecular formula is C19H29N7O. The molecule has 1 aliphatic heterocycles. The van der Waals surface area contributed by atoms with Crippen LogP contribution in [0.2, 0.25) is 0 Å². The van der Waals surface area contributed by atoms with E-state index in [9.17, 15) is 0 Å². The number of hydrogen-bond donors (Lipinski definition) is 2. The van der Waals surface area contributed by atoms with Crippen molar-refractivity contribution >= 4 is 23.5 Å². The Bertz CT molecular complexity index is 688. The fraction of sp³-hybridized carbons (Fsp3) is 0.526. The summed E-state index contributed by atoms with van der Waals surface area (Å²) in [6.45, 7) is 11.2. The van der Waals surface area contributed by atoms with E-state index in [0.717, 1.165) is 58.2 Å². The van der Waals surface area contributed by atoms with Gasteiger partial charge in [0, 0.05) is 45.0 Å². The van der Waals surface area contributed by atoms with Crippen LogP contribution in [0.5, 0.6) is 0 Å². The van der Waals surface area contributed by atoms with Crippen LogP contribution in [0.25, 0.3) is 0 Å². The van der Waals surface area contributed by atoms with Crippen molar-refractivity contribution in [3.63, 3.8) is 0 Å². The molecule has 3 rings (SSSR count). The molecule has 1 aromatic carbocycles. The average molecular weight is 371 g/mol. The fourth-order valence-corrected chi connectivity index (χ4v) is 2.95. The lowest BCUT2D eigenvalue weighted by atomic mass is 10.3. The zero-order valence-corrected chi connectivity index (χ0v) is 16.2. The molecule has 8 nitrogen and oxygen atoms in total. The van der Waals surface area contributed by atoms with Crippen LogP contribution in [-0.2, 0) is 4.74 Å². The highest BCUT2D eigenvalue weighted by Gasteiger charge is 2.13. The molecule has 1 aliphatic rings. The van der Waals surface area contributed by atoms with Crippen molar-refractivity contribution in [1.82, 2.24) is 19.9 Å². The number of rotatable bonds is 9. The molecule has 0 bridgehead atoms. The number of nitrogens with zero attached hydrogens (tertiary/aromatic N) is 5. The second-order valence-electron chi connectivity index (χ2n) is 6.33. The molecule has 2 aromatic rings. The third kappa shape index (κ3) is 5.77. The Hall–Kier alpha value is -2.45. The molecule has 0 atom stereocenters. The Morgan fingerprint density at radius 2 is 1.70 bits per heavy atom. The Balaban J connectivity index is 1.70. The van der Waals surface area contributed by atoms with E-state index >= 15 is 0 Å². The number of aromatic nitrogens is 3. The summed E-state index contributed by atoms with van der Waals surface area (Å²) in [7, 11) is 0. The molecule has 8 heteroatoms. The molecule has 1 fully saturated rings. The number of benzene rings is 1. The normalized spacial score (nSPS) is 14.7. The van der Waals surface area contributed by atoms with Gasteiger partial charge in [-0.2, -0.15) is 15.0 Å². The summed E-state index contributed by atoms with van der Waals surface area (Å²) in [5.74, 6) is 1.83. The smallest absolute Gasteiger partial charge is 0.233 e. The number of para-hydroxylation sites is 1. The molecular weight excluding hydrogens is 342 g/mol. The SMILES string of the molecule is CCN(CC)c1nc(NCCN2CCOCC2)nc(Nc2ccccc2)n1. The van der Waals surface area contributed by atoms with Gasteiger partial charge in [0.2, 0.25) is 17.8 Å². The third-order valence-electron chi connectivity index (χ3n) is 4.51. The molecule has 27 heavy (non-hydrogen) atoms. The fourth-order valence-electron chi connectivity index (χ4n) is 2.95. The predicted molar refractivity (Wildman–Crippen MR) is 109 cm³/mol. The van der Waals surface area contributed by atoms with Gasteiger partial charge in [0.1, 0.15) is 0 Å². The van der Waals surface area contributed by atoms with Crippen molar-refractivity contribution < 1.29 is 4.74 Å². The van der Waals surface area contributed by atoms with Gasteiger partial charge in [-0.15, -0.1) is 0 Å². The van der Waals surface area contributed by atoms with E-state index < -0.39 is 0 Å². The van der Waals surface area contributed by atoms with Crippen LogP contribution in [0.1, 0.15) is 13.8 Å². The van der Waals surface area contributed by atoms with Crippen molar-refractivity contribution in [2.75, 3.05) is 68.0 Å². The summed E-state index contributed by atoms with van der Waals surface area (Å²) in [6.07, 6.45) is 0. The lowest BCUT2D eigenvalue weighted by molar-refractivity contribution is 0.0398. The van der Waals surface area contributed by atoms with E-state index in [2.05, 4.69) is 49.2 Å². The summed E-state index contributed by atoms with van der Waals surface area (Å²) in [4.78, 5) is 18.2. The van der Waals surface area contributed by atoms with Gasteiger partial charge < -0.3 is 20.3 Å². The monoisotopic (exact) mass is 371 g/mol. The number of morpholine rings is 1. The molecule has 0 amide bonds. The van der Waals surface area contributed by atoms with Gasteiger partial charge in [0.15, 0.2) is 0 Å². The van der Waals surface area contributed by atoms with Crippen LogP contribution in [0.4, 0.5) is 23.5 Å². The van der Waals surface area contributed by atoms with Gasteiger partial charge in [-0.05, 0) is 26.0 Å². The first-order valence-electron chi connectivity index (χ1n) is 9.65. The molecule has 2 heterocycles. The van der Waals surface area contributed by atoms with Crippen LogP contribution in [0.15, 0.2) is 30.3 Å². The van der Waals surface area contributed by atoms with Crippen LogP contribution in [-0.4, -0.2) is 72.3 Å². The summed E-state index contributed by atoms with van der Waals surface area (Å²) in [5.41, 5.74) is 0.952. The Morgan fingerprint density at radius 1 is 1.00 bits per heavy atom. The summed E-state index contributed by atoms with van der Waals surface area (Å²) in [6, 6.07) is 9.93. The highest BCUT2D eigenvalue weighted by Crippen LogP contribution is 2.17. The largest absolute Gasteiger partial charge is 0.379 e. The van der Waals surface area contributed by atoms with Crippen LogP contribution in [0, 0.1) is 0 Å². The van der Waals surface area contributed by atoms with E-state index in [4.69, 9.17) is 4.74 Å². The van der Waals surface area contributed by atoms with Crippen molar-refractivity contribution in [2.24, 2.45) is 0 Å². The van der Waals surface area contributed by atoms with Crippen LogP contribution in [0.3, 0.4) is 0 Å². The van der Waals surface area contributed by atoms with Gasteiger partial charge in [0.25, 0.3) is 0 Å². The lowest BCUT2D eigenvalue weighted by Crippen LogP contribution is -2.39.